The van der Waals surface area contributed by atoms with Crippen molar-refractivity contribution in [3.8, 4) is 0 Å². The Morgan fingerprint density at radius 1 is 1.23 bits per heavy atom. The number of Topliss-reactive ketones (excluding diaryl/α,β-unsaturated/α-hetero) is 1. The summed E-state index contributed by atoms with van der Waals surface area (Å²) < 4.78 is 19.6. The number of hydrogen-bond acceptors (Lipinski definition) is 6. The molecule has 2 aromatic rings. The molecule has 0 saturated carbocycles. The van der Waals surface area contributed by atoms with Gasteiger partial charge >= 0.3 is 0 Å². The molecule has 35 heavy (non-hydrogen) atoms. The van der Waals surface area contributed by atoms with Crippen LogP contribution >= 0.6 is 0 Å². The van der Waals surface area contributed by atoms with Crippen molar-refractivity contribution in [2.45, 2.75) is 51.2 Å². The minimum atomic E-state index is -1.41. The fourth-order valence-electron chi connectivity index (χ4n) is 4.65. The number of alkyl halides is 1. The van der Waals surface area contributed by atoms with E-state index in [0.717, 1.165) is 11.4 Å². The summed E-state index contributed by atoms with van der Waals surface area (Å²) >= 11 is 0. The molecule has 0 aliphatic carbocycles. The van der Waals surface area contributed by atoms with Gasteiger partial charge in [0.05, 0.1) is 6.54 Å². The van der Waals surface area contributed by atoms with Gasteiger partial charge < -0.3 is 19.9 Å². The van der Waals surface area contributed by atoms with E-state index >= 15 is 0 Å². The molecule has 1 aromatic carbocycles. The monoisotopic (exact) mass is 482 g/mol. The van der Waals surface area contributed by atoms with Gasteiger partial charge in [0.15, 0.2) is 5.78 Å². The van der Waals surface area contributed by atoms with Crippen LogP contribution in [0.4, 0.5) is 10.2 Å². The van der Waals surface area contributed by atoms with Crippen LogP contribution in [0.5, 0.6) is 0 Å². The molecule has 0 spiro atoms. The highest BCUT2D eigenvalue weighted by Gasteiger charge is 2.53. The van der Waals surface area contributed by atoms with Crippen LogP contribution in [0.15, 0.2) is 48.7 Å². The van der Waals surface area contributed by atoms with Crippen molar-refractivity contribution in [2.75, 3.05) is 25.1 Å². The number of amides is 2. The molecular weight excluding hydrogens is 451 g/mol. The molecule has 1 aromatic heterocycles. The summed E-state index contributed by atoms with van der Waals surface area (Å²) in [6.07, 6.45) is -0.224. The van der Waals surface area contributed by atoms with Crippen LogP contribution in [0.1, 0.15) is 36.2 Å². The van der Waals surface area contributed by atoms with Gasteiger partial charge in [-0.25, -0.2) is 9.37 Å². The van der Waals surface area contributed by atoms with Gasteiger partial charge in [0, 0.05) is 25.4 Å². The highest BCUT2D eigenvalue weighted by atomic mass is 19.1. The van der Waals surface area contributed by atoms with Crippen LogP contribution in [0.25, 0.3) is 0 Å². The molecule has 2 aliphatic heterocycles. The zero-order chi connectivity index (χ0) is 25.1. The van der Waals surface area contributed by atoms with E-state index in [-0.39, 0.29) is 24.9 Å². The largest absolute Gasteiger partial charge is 0.365 e. The molecule has 2 aliphatic rings. The zero-order valence-corrected chi connectivity index (χ0v) is 20.2. The van der Waals surface area contributed by atoms with Gasteiger partial charge in [0.25, 0.3) is 5.91 Å². The van der Waals surface area contributed by atoms with Gasteiger partial charge in [0.1, 0.15) is 36.8 Å². The van der Waals surface area contributed by atoms with Gasteiger partial charge in [-0.1, -0.05) is 32.0 Å². The average molecular weight is 483 g/mol. The topological polar surface area (TPSA) is 91.8 Å². The van der Waals surface area contributed by atoms with E-state index in [2.05, 4.69) is 10.3 Å². The minimum Gasteiger partial charge on any atom is -0.365 e. The summed E-state index contributed by atoms with van der Waals surface area (Å²) in [6.45, 7) is 4.10. The van der Waals surface area contributed by atoms with Gasteiger partial charge in [-0.3, -0.25) is 14.4 Å². The summed E-state index contributed by atoms with van der Waals surface area (Å²) in [6, 6.07) is 11.1. The highest BCUT2D eigenvalue weighted by molar-refractivity contribution is 5.99. The fourth-order valence-corrected chi connectivity index (χ4v) is 4.65. The number of pyridine rings is 1. The maximum absolute atomic E-state index is 14.4. The van der Waals surface area contributed by atoms with Crippen LogP contribution in [-0.4, -0.2) is 72.0 Å². The number of nitrogens with zero attached hydrogens (tertiary/aromatic N) is 3. The number of aromatic nitrogens is 1. The van der Waals surface area contributed by atoms with Crippen molar-refractivity contribution in [2.24, 2.45) is 5.92 Å². The van der Waals surface area contributed by atoms with E-state index < -0.39 is 36.2 Å². The number of halogens is 1. The first-order valence-corrected chi connectivity index (χ1v) is 11.9. The maximum atomic E-state index is 14.4. The SMILES string of the molecule is CC(C)C[C@H](NC(=O)c1ccc(CN(C)c2ccccn2)cc1)C(=O)N1C[C@H](F)[C@H]2OCC(=O)[C@H]21. The quantitative estimate of drug-likeness (QED) is 0.621. The molecular formula is C26H31FN4O4. The number of carbonyl (C=O) groups excluding carboxylic acids is 3. The number of benzene rings is 1. The Bertz CT molecular complexity index is 1060. The number of anilines is 1. The Morgan fingerprint density at radius 2 is 1.97 bits per heavy atom. The lowest BCUT2D eigenvalue weighted by Gasteiger charge is -2.28. The molecule has 2 amide bonds. The van der Waals surface area contributed by atoms with Crippen molar-refractivity contribution in [3.63, 3.8) is 0 Å². The van der Waals surface area contributed by atoms with Gasteiger partial charge in [-0.05, 0) is 42.2 Å². The number of nitrogens with one attached hydrogen (secondary N) is 1. The van der Waals surface area contributed by atoms with E-state index in [1.54, 1.807) is 18.3 Å². The Hall–Kier alpha value is -3.33. The molecule has 3 heterocycles. The first-order valence-electron chi connectivity index (χ1n) is 11.9. The molecule has 4 atom stereocenters. The van der Waals surface area contributed by atoms with Gasteiger partial charge in [-0.2, -0.15) is 0 Å². The number of carbonyl (C=O) groups is 3. The number of likely N-dealkylation sites (tertiary alicyclic amines) is 1. The lowest BCUT2D eigenvalue weighted by Crippen LogP contribution is -2.52. The second-order valence-electron chi connectivity index (χ2n) is 9.59. The minimum absolute atomic E-state index is 0.101. The normalized spacial score (nSPS) is 22.3. The second-order valence-corrected chi connectivity index (χ2v) is 9.59. The summed E-state index contributed by atoms with van der Waals surface area (Å²) in [4.78, 5) is 46.1. The van der Waals surface area contributed by atoms with Crippen LogP contribution in [0.3, 0.4) is 0 Å². The highest BCUT2D eigenvalue weighted by Crippen LogP contribution is 2.30. The fraction of sp³-hybridized carbons (Fsp3) is 0.462. The summed E-state index contributed by atoms with van der Waals surface area (Å²) in [5.41, 5.74) is 1.42. The Morgan fingerprint density at radius 3 is 2.63 bits per heavy atom. The van der Waals surface area contributed by atoms with E-state index in [1.165, 1.54) is 4.90 Å². The second kappa shape index (κ2) is 10.5. The average Bonchev–Trinajstić information content (AvgIpc) is 3.39. The van der Waals surface area contributed by atoms with E-state index in [4.69, 9.17) is 4.74 Å². The lowest BCUT2D eigenvalue weighted by atomic mass is 10.0. The van der Waals surface area contributed by atoms with E-state index in [0.29, 0.717) is 18.5 Å². The molecule has 186 valence electrons. The smallest absolute Gasteiger partial charge is 0.251 e. The zero-order valence-electron chi connectivity index (χ0n) is 20.2. The van der Waals surface area contributed by atoms with Crippen molar-refractivity contribution < 1.29 is 23.5 Å². The van der Waals surface area contributed by atoms with Crippen molar-refractivity contribution in [1.29, 1.82) is 0 Å². The van der Waals surface area contributed by atoms with Crippen LogP contribution < -0.4 is 10.2 Å². The molecule has 0 unspecified atom stereocenters. The standard InChI is InChI=1S/C26H31FN4O4/c1-16(2)12-20(26(34)31-14-19(27)24-23(31)21(32)15-35-24)29-25(33)18-9-7-17(8-10-18)13-30(3)22-6-4-5-11-28-22/h4-11,16,19-20,23-24H,12-15H2,1-3H3,(H,29,33)/t19-,20-,23+,24+/m0/s1. The third-order valence-electron chi connectivity index (χ3n) is 6.39. The van der Waals surface area contributed by atoms with E-state index in [9.17, 15) is 18.8 Å². The maximum Gasteiger partial charge on any atom is 0.251 e. The van der Waals surface area contributed by atoms with Gasteiger partial charge in [-0.15, -0.1) is 0 Å². The first kappa shape index (κ1) is 24.8. The van der Waals surface area contributed by atoms with Gasteiger partial charge in [0.2, 0.25) is 5.91 Å². The number of rotatable bonds is 8. The summed E-state index contributed by atoms with van der Waals surface area (Å²) in [5.74, 6) is -0.201. The predicted molar refractivity (Wildman–Crippen MR) is 129 cm³/mol. The van der Waals surface area contributed by atoms with Crippen molar-refractivity contribution in [3.05, 3.63) is 59.8 Å². The molecule has 4 rings (SSSR count). The number of ether oxygens (including phenoxy) is 1. The molecule has 8 nitrogen and oxygen atoms in total. The van der Waals surface area contributed by atoms with E-state index in [1.807, 2.05) is 56.1 Å². The van der Waals surface area contributed by atoms with Crippen molar-refractivity contribution in [1.82, 2.24) is 15.2 Å². The Kier molecular flexibility index (Phi) is 7.45. The molecule has 1 N–H and O–H groups in total. The van der Waals surface area contributed by atoms with Crippen molar-refractivity contribution >= 4 is 23.4 Å². The molecule has 9 heteroatoms. The predicted octanol–water partition coefficient (Wildman–Crippen LogP) is 2.38. The lowest BCUT2D eigenvalue weighted by molar-refractivity contribution is -0.138. The number of hydrogen-bond donors (Lipinski definition) is 1. The number of ketones is 1. The Balaban J connectivity index is 1.43. The third kappa shape index (κ3) is 5.51. The summed E-state index contributed by atoms with van der Waals surface area (Å²) in [7, 11) is 1.94. The third-order valence-corrected chi connectivity index (χ3v) is 6.39. The molecule has 0 radical (unpaired) electrons. The van der Waals surface area contributed by atoms with Crippen LogP contribution in [0.2, 0.25) is 0 Å². The molecule has 0 bridgehead atoms. The first-order chi connectivity index (χ1) is 16.7. The summed E-state index contributed by atoms with van der Waals surface area (Å²) in [5, 5.41) is 2.81. The number of fused-ring (bicyclic) bond motifs is 1. The Labute approximate surface area is 204 Å². The van der Waals surface area contributed by atoms with Crippen LogP contribution in [-0.2, 0) is 20.9 Å². The molecule has 2 saturated heterocycles. The molecule has 2 fully saturated rings. The van der Waals surface area contributed by atoms with Crippen LogP contribution in [0, 0.1) is 5.92 Å².